The lowest BCUT2D eigenvalue weighted by molar-refractivity contribution is 0.111. The lowest BCUT2D eigenvalue weighted by atomic mass is 10.1. The summed E-state index contributed by atoms with van der Waals surface area (Å²) in [5.41, 5.74) is 5.27. The van der Waals surface area contributed by atoms with E-state index in [1.165, 1.54) is 22.3 Å². The first kappa shape index (κ1) is 24.1. The smallest absolute Gasteiger partial charge is 0.407 e. The number of hydrogen-bond donors (Lipinski definition) is 1. The minimum atomic E-state index is -1.05. The van der Waals surface area contributed by atoms with Crippen molar-refractivity contribution in [2.45, 2.75) is 26.0 Å². The molecule has 0 unspecified atom stereocenters. The quantitative estimate of drug-likeness (QED) is 0.294. The normalized spacial score (nSPS) is 14.4. The highest BCUT2D eigenvalue weighted by molar-refractivity contribution is 7.22. The largest absolute Gasteiger partial charge is 0.485 e. The van der Waals surface area contributed by atoms with Crippen molar-refractivity contribution in [2.24, 2.45) is 0 Å². The number of ether oxygens (including phenoxy) is 2. The van der Waals surface area contributed by atoms with Crippen molar-refractivity contribution < 1.29 is 23.8 Å². The number of rotatable bonds is 6. The van der Waals surface area contributed by atoms with Crippen LogP contribution >= 0.6 is 11.3 Å². The molecule has 0 saturated heterocycles. The zero-order valence-corrected chi connectivity index (χ0v) is 21.5. The standard InChI is InChI=1S/C28H23FN4O4S/c1-15-8-18(24-21(9-15)31-23(36-2)12-30-24)27-32-22-11-20(29)25-19(26(22)38-27)10-17(37-25)14-33(28(34)35)13-16-6-4-3-5-7-16/h3-9,11-12,17H,10,13-14H2,1-2H3,(H,34,35)/t17-/m0/s1. The van der Waals surface area contributed by atoms with E-state index in [9.17, 15) is 9.90 Å². The molecule has 3 aromatic carbocycles. The molecular formula is C28H23FN4O4S. The van der Waals surface area contributed by atoms with Crippen molar-refractivity contribution in [2.75, 3.05) is 13.7 Å². The molecule has 6 rings (SSSR count). The molecule has 1 N–H and O–H groups in total. The highest BCUT2D eigenvalue weighted by Crippen LogP contribution is 2.43. The SMILES string of the molecule is COc1cnc2c(-c3nc4cc(F)c5c(c4s3)C[C@@H](CN(Cc3ccccc3)C(=O)O)O5)cc(C)cc2n1. The Bertz CT molecular complexity index is 1690. The van der Waals surface area contributed by atoms with E-state index in [1.54, 1.807) is 13.3 Å². The molecule has 1 amide bonds. The molecule has 10 heteroatoms. The summed E-state index contributed by atoms with van der Waals surface area (Å²) in [6, 6.07) is 14.7. The van der Waals surface area contributed by atoms with E-state index >= 15 is 4.39 Å². The second kappa shape index (κ2) is 9.53. The van der Waals surface area contributed by atoms with Crippen LogP contribution in [0.15, 0.2) is 54.7 Å². The average molecular weight is 531 g/mol. The van der Waals surface area contributed by atoms with Gasteiger partial charge in [-0.05, 0) is 30.2 Å². The van der Waals surface area contributed by atoms with Gasteiger partial charge in [0.15, 0.2) is 11.6 Å². The first-order valence-corrected chi connectivity index (χ1v) is 12.8. The number of thiazole rings is 1. The van der Waals surface area contributed by atoms with Crippen LogP contribution in [0.2, 0.25) is 0 Å². The molecule has 0 spiro atoms. The van der Waals surface area contributed by atoms with Gasteiger partial charge in [0.2, 0.25) is 5.88 Å². The van der Waals surface area contributed by atoms with Crippen LogP contribution < -0.4 is 9.47 Å². The monoisotopic (exact) mass is 530 g/mol. The van der Waals surface area contributed by atoms with Crippen molar-refractivity contribution >= 4 is 38.7 Å². The van der Waals surface area contributed by atoms with E-state index in [0.29, 0.717) is 39.4 Å². The minimum absolute atomic E-state index is 0.117. The highest BCUT2D eigenvalue weighted by atomic mass is 32.1. The van der Waals surface area contributed by atoms with Crippen molar-refractivity contribution in [3.05, 3.63) is 77.2 Å². The van der Waals surface area contributed by atoms with Gasteiger partial charge in [0, 0.05) is 30.2 Å². The van der Waals surface area contributed by atoms with Crippen LogP contribution in [0, 0.1) is 12.7 Å². The number of carbonyl (C=O) groups is 1. The molecule has 0 bridgehead atoms. The zero-order valence-electron chi connectivity index (χ0n) is 20.6. The molecule has 3 heterocycles. The molecule has 38 heavy (non-hydrogen) atoms. The minimum Gasteiger partial charge on any atom is -0.485 e. The van der Waals surface area contributed by atoms with Gasteiger partial charge in [-0.25, -0.2) is 24.1 Å². The van der Waals surface area contributed by atoms with Gasteiger partial charge in [0.1, 0.15) is 11.1 Å². The summed E-state index contributed by atoms with van der Waals surface area (Å²) in [7, 11) is 1.54. The second-order valence-electron chi connectivity index (χ2n) is 9.22. The fourth-order valence-corrected chi connectivity index (χ4v) is 5.93. The van der Waals surface area contributed by atoms with Gasteiger partial charge in [0.05, 0.1) is 41.1 Å². The van der Waals surface area contributed by atoms with Crippen LogP contribution in [0.3, 0.4) is 0 Å². The van der Waals surface area contributed by atoms with Crippen LogP contribution in [-0.2, 0) is 13.0 Å². The molecule has 1 atom stereocenters. The summed E-state index contributed by atoms with van der Waals surface area (Å²) in [6.45, 7) is 2.31. The maximum absolute atomic E-state index is 15.1. The Morgan fingerprint density at radius 1 is 1.21 bits per heavy atom. The van der Waals surface area contributed by atoms with Gasteiger partial charge in [0.25, 0.3) is 0 Å². The third-order valence-electron chi connectivity index (χ3n) is 6.52. The number of methoxy groups -OCH3 is 1. The zero-order chi connectivity index (χ0) is 26.4. The number of aryl methyl sites for hydroxylation is 1. The van der Waals surface area contributed by atoms with Crippen molar-refractivity contribution in [1.82, 2.24) is 19.9 Å². The van der Waals surface area contributed by atoms with Gasteiger partial charge in [-0.3, -0.25) is 0 Å². The van der Waals surface area contributed by atoms with Gasteiger partial charge in [-0.1, -0.05) is 30.3 Å². The van der Waals surface area contributed by atoms with E-state index in [0.717, 1.165) is 21.4 Å². The number of fused-ring (bicyclic) bond motifs is 4. The highest BCUT2D eigenvalue weighted by Gasteiger charge is 2.32. The van der Waals surface area contributed by atoms with Gasteiger partial charge < -0.3 is 19.5 Å². The molecule has 0 saturated carbocycles. The first-order valence-electron chi connectivity index (χ1n) is 12.0. The molecule has 8 nitrogen and oxygen atoms in total. The lowest BCUT2D eigenvalue weighted by Gasteiger charge is -2.22. The Morgan fingerprint density at radius 3 is 2.79 bits per heavy atom. The van der Waals surface area contributed by atoms with Gasteiger partial charge >= 0.3 is 6.09 Å². The van der Waals surface area contributed by atoms with E-state index in [4.69, 9.17) is 14.5 Å². The molecular weight excluding hydrogens is 507 g/mol. The maximum atomic E-state index is 15.1. The Labute approximate surface area is 221 Å². The summed E-state index contributed by atoms with van der Waals surface area (Å²) in [5, 5.41) is 10.5. The van der Waals surface area contributed by atoms with Crippen molar-refractivity contribution in [3.63, 3.8) is 0 Å². The molecule has 0 fully saturated rings. The van der Waals surface area contributed by atoms with Crippen LogP contribution in [0.4, 0.5) is 9.18 Å². The summed E-state index contributed by atoms with van der Waals surface area (Å²) in [4.78, 5) is 27.0. The number of halogens is 1. The Balaban J connectivity index is 1.34. The third kappa shape index (κ3) is 4.37. The summed E-state index contributed by atoms with van der Waals surface area (Å²) >= 11 is 1.44. The fourth-order valence-electron chi connectivity index (χ4n) is 4.81. The summed E-state index contributed by atoms with van der Waals surface area (Å²) in [5.74, 6) is 0.0842. The molecule has 192 valence electrons. The Kier molecular flexibility index (Phi) is 6.03. The summed E-state index contributed by atoms with van der Waals surface area (Å²) < 4.78 is 27.1. The Hall–Kier alpha value is -4.31. The maximum Gasteiger partial charge on any atom is 0.407 e. The van der Waals surface area contributed by atoms with E-state index in [1.807, 2.05) is 49.4 Å². The number of nitrogens with zero attached hydrogens (tertiary/aromatic N) is 4. The van der Waals surface area contributed by atoms with Crippen molar-refractivity contribution in [3.8, 4) is 22.2 Å². The van der Waals surface area contributed by atoms with Crippen LogP contribution in [0.5, 0.6) is 11.6 Å². The predicted octanol–water partition coefficient (Wildman–Crippen LogP) is 5.85. The van der Waals surface area contributed by atoms with Crippen LogP contribution in [0.25, 0.3) is 31.8 Å². The van der Waals surface area contributed by atoms with Gasteiger partial charge in [-0.15, -0.1) is 11.3 Å². The number of aromatic nitrogens is 3. The molecule has 2 aromatic heterocycles. The van der Waals surface area contributed by atoms with Crippen LogP contribution in [-0.4, -0.2) is 50.8 Å². The molecule has 5 aromatic rings. The lowest BCUT2D eigenvalue weighted by Crippen LogP contribution is -2.38. The number of hydrogen-bond acceptors (Lipinski definition) is 7. The summed E-state index contributed by atoms with van der Waals surface area (Å²) in [6.07, 6.45) is 0.389. The average Bonchev–Trinajstić information content (AvgIpc) is 3.52. The van der Waals surface area contributed by atoms with Crippen molar-refractivity contribution in [1.29, 1.82) is 0 Å². The number of benzene rings is 3. The number of amides is 1. The predicted molar refractivity (Wildman–Crippen MR) is 142 cm³/mol. The van der Waals surface area contributed by atoms with E-state index in [2.05, 4.69) is 9.97 Å². The molecule has 1 aliphatic rings. The second-order valence-corrected chi connectivity index (χ2v) is 10.2. The number of carboxylic acid groups (broad SMARTS) is 1. The Morgan fingerprint density at radius 2 is 2.03 bits per heavy atom. The first-order chi connectivity index (χ1) is 18.4. The van der Waals surface area contributed by atoms with E-state index < -0.39 is 18.0 Å². The van der Waals surface area contributed by atoms with Gasteiger partial charge in [-0.2, -0.15) is 0 Å². The molecule has 1 aliphatic heterocycles. The van der Waals surface area contributed by atoms with E-state index in [-0.39, 0.29) is 18.8 Å². The molecule has 0 radical (unpaired) electrons. The fraction of sp³-hybridized carbons (Fsp3) is 0.214. The topological polar surface area (TPSA) is 97.7 Å². The molecule has 0 aliphatic carbocycles. The van der Waals surface area contributed by atoms with Crippen LogP contribution in [0.1, 0.15) is 16.7 Å². The third-order valence-corrected chi connectivity index (χ3v) is 7.68.